The van der Waals surface area contributed by atoms with E-state index in [1.165, 1.54) is 4.90 Å². The van der Waals surface area contributed by atoms with Gasteiger partial charge in [0.15, 0.2) is 11.0 Å². The first-order valence-corrected chi connectivity index (χ1v) is 8.05. The number of amides is 1. The van der Waals surface area contributed by atoms with E-state index >= 15 is 0 Å². The van der Waals surface area contributed by atoms with Crippen LogP contribution < -0.4 is 16.8 Å². The van der Waals surface area contributed by atoms with Crippen LogP contribution in [0.3, 0.4) is 0 Å². The van der Waals surface area contributed by atoms with Gasteiger partial charge in [0.1, 0.15) is 11.3 Å². The second-order valence-electron chi connectivity index (χ2n) is 6.83. The number of β-amino-alcohol motifs (C(OH)–C–C–N with tert-alkyl or cyclic N) is 2. The molecule has 1 aromatic heterocycles. The van der Waals surface area contributed by atoms with E-state index in [4.69, 9.17) is 27.8 Å². The predicted octanol–water partition coefficient (Wildman–Crippen LogP) is 0.0474. The van der Waals surface area contributed by atoms with Gasteiger partial charge in [0.25, 0.3) is 0 Å². The molecule has 1 aromatic rings. The zero-order valence-electron chi connectivity index (χ0n) is 14.2. The Labute approximate surface area is 150 Å². The first kappa shape index (κ1) is 19.3. The molecule has 1 amide bonds. The molecule has 0 bridgehead atoms. The highest BCUT2D eigenvalue weighted by atomic mass is 35.5. The Kier molecular flexibility index (Phi) is 5.45. The third-order valence-electron chi connectivity index (χ3n) is 3.52. The lowest BCUT2D eigenvalue weighted by atomic mass is 9.99. The van der Waals surface area contributed by atoms with Crippen LogP contribution in [0.1, 0.15) is 20.8 Å². The number of carbonyl (C=O) groups excluding carboxylic acids is 1. The number of aromatic nitrogens is 2. The number of aliphatic hydroxyl groups is 2. The number of rotatable bonds is 2. The predicted molar refractivity (Wildman–Crippen MR) is 93.1 cm³/mol. The molecule has 0 spiro atoms. The highest BCUT2D eigenvalue weighted by molar-refractivity contribution is 6.32. The fraction of sp³-hybridized carbons (Fsp3) is 0.643. The fourth-order valence-electron chi connectivity index (χ4n) is 2.40. The summed E-state index contributed by atoms with van der Waals surface area (Å²) in [7, 11) is 0. The maximum atomic E-state index is 12.1. The summed E-state index contributed by atoms with van der Waals surface area (Å²) in [6.45, 7) is 5.14. The molecule has 0 aromatic carbocycles. The third kappa shape index (κ3) is 4.74. The van der Waals surface area contributed by atoms with Gasteiger partial charge >= 0.3 is 6.09 Å². The Morgan fingerprint density at radius 2 is 1.84 bits per heavy atom. The van der Waals surface area contributed by atoms with Crippen LogP contribution in [0.2, 0.25) is 5.15 Å². The molecule has 2 heterocycles. The molecule has 0 saturated carbocycles. The molecule has 2 rings (SSSR count). The van der Waals surface area contributed by atoms with E-state index in [1.54, 1.807) is 20.8 Å². The summed E-state index contributed by atoms with van der Waals surface area (Å²) in [5.74, 6) is 0.00295. The van der Waals surface area contributed by atoms with Gasteiger partial charge in [0, 0.05) is 0 Å². The van der Waals surface area contributed by atoms with E-state index in [0.29, 0.717) is 0 Å². The molecular weight excluding hydrogens is 352 g/mol. The molecule has 0 radical (unpaired) electrons. The highest BCUT2D eigenvalue weighted by Gasteiger charge is 2.38. The van der Waals surface area contributed by atoms with E-state index in [1.807, 2.05) is 0 Å². The van der Waals surface area contributed by atoms with Gasteiger partial charge in [-0.3, -0.25) is 0 Å². The van der Waals surface area contributed by atoms with E-state index in [0.717, 1.165) is 0 Å². The zero-order chi connectivity index (χ0) is 18.9. The summed E-state index contributed by atoms with van der Waals surface area (Å²) in [4.78, 5) is 21.0. The van der Waals surface area contributed by atoms with Gasteiger partial charge in [0.2, 0.25) is 5.95 Å². The van der Waals surface area contributed by atoms with Crippen molar-refractivity contribution in [3.8, 4) is 0 Å². The number of nitrogens with one attached hydrogen (secondary N) is 1. The molecule has 1 saturated heterocycles. The molecule has 25 heavy (non-hydrogen) atoms. The minimum Gasteiger partial charge on any atom is -0.444 e. The molecule has 7 N–H and O–H groups in total. The zero-order valence-corrected chi connectivity index (χ0v) is 15.0. The van der Waals surface area contributed by atoms with E-state index < -0.39 is 29.9 Å². The molecule has 140 valence electrons. The fourth-order valence-corrected chi connectivity index (χ4v) is 2.58. The van der Waals surface area contributed by atoms with Crippen LogP contribution in [0.25, 0.3) is 0 Å². The van der Waals surface area contributed by atoms with Gasteiger partial charge in [-0.05, 0) is 20.8 Å². The lowest BCUT2D eigenvalue weighted by Crippen LogP contribution is -2.60. The largest absolute Gasteiger partial charge is 0.444 e. The van der Waals surface area contributed by atoms with Crippen LogP contribution >= 0.6 is 11.6 Å². The summed E-state index contributed by atoms with van der Waals surface area (Å²) in [5, 5.41) is 23.4. The van der Waals surface area contributed by atoms with Crippen molar-refractivity contribution in [1.29, 1.82) is 0 Å². The van der Waals surface area contributed by atoms with Crippen LogP contribution in [0.4, 0.5) is 22.2 Å². The number of hydrogen-bond acceptors (Lipinski definition) is 9. The minimum absolute atomic E-state index is 0.0299. The van der Waals surface area contributed by atoms with E-state index in [9.17, 15) is 15.0 Å². The normalized spacial score (nSPS) is 24.1. The van der Waals surface area contributed by atoms with Crippen LogP contribution in [0, 0.1) is 0 Å². The summed E-state index contributed by atoms with van der Waals surface area (Å²) in [6.07, 6.45) is -2.80. The van der Waals surface area contributed by atoms with Crippen molar-refractivity contribution in [2.24, 2.45) is 0 Å². The van der Waals surface area contributed by atoms with E-state index in [-0.39, 0.29) is 35.7 Å². The number of halogens is 1. The number of aliphatic hydroxyl groups excluding tert-OH is 2. The molecule has 1 unspecified atom stereocenters. The SMILES string of the molecule is CC(C)(C)OC(=O)N1C[C@@H](O)C(Nc2nc(N)nc(Cl)c2N)[C@@H](O)C1. The lowest BCUT2D eigenvalue weighted by Gasteiger charge is -2.40. The number of anilines is 3. The monoisotopic (exact) mass is 374 g/mol. The van der Waals surface area contributed by atoms with E-state index in [2.05, 4.69) is 15.3 Å². The van der Waals surface area contributed by atoms with Gasteiger partial charge in [-0.2, -0.15) is 9.97 Å². The van der Waals surface area contributed by atoms with Gasteiger partial charge in [0.05, 0.1) is 31.3 Å². The van der Waals surface area contributed by atoms with Crippen LogP contribution in [-0.2, 0) is 4.74 Å². The summed E-state index contributed by atoms with van der Waals surface area (Å²) >= 11 is 5.85. The number of nitrogen functional groups attached to an aromatic ring is 2. The number of nitrogens with two attached hydrogens (primary N) is 2. The maximum absolute atomic E-state index is 12.1. The Bertz CT molecular complexity index is 641. The molecule has 0 aliphatic carbocycles. The standard InChI is InChI=1S/C14H23ClN6O4/c1-14(2,3)25-13(24)21-4-6(22)9(7(23)5-21)18-11-8(16)10(15)19-12(17)20-11/h6-7,9,22-23H,4-5,16H2,1-3H3,(H3,17,18,19,20)/t6-,7+,9?. The average Bonchev–Trinajstić information content (AvgIpc) is 2.45. The lowest BCUT2D eigenvalue weighted by molar-refractivity contribution is -0.0363. The topological polar surface area (TPSA) is 160 Å². The molecule has 1 aliphatic rings. The first-order chi connectivity index (χ1) is 11.5. The maximum Gasteiger partial charge on any atom is 0.410 e. The number of carbonyl (C=O) groups is 1. The van der Waals surface area contributed by atoms with Crippen molar-refractivity contribution in [2.45, 2.75) is 44.6 Å². The molecule has 1 aliphatic heterocycles. The smallest absolute Gasteiger partial charge is 0.410 e. The molecule has 10 nitrogen and oxygen atoms in total. The third-order valence-corrected chi connectivity index (χ3v) is 3.80. The summed E-state index contributed by atoms with van der Waals surface area (Å²) in [6, 6.07) is -0.827. The Morgan fingerprint density at radius 3 is 2.36 bits per heavy atom. The van der Waals surface area contributed by atoms with Crippen molar-refractivity contribution >= 4 is 35.1 Å². The van der Waals surface area contributed by atoms with Crippen molar-refractivity contribution in [1.82, 2.24) is 14.9 Å². The van der Waals surface area contributed by atoms with Crippen molar-refractivity contribution in [3.05, 3.63) is 5.15 Å². The molecule has 11 heteroatoms. The Hall–Kier alpha value is -2.04. The van der Waals surface area contributed by atoms with Gasteiger partial charge in [-0.15, -0.1) is 0 Å². The number of nitrogens with zero attached hydrogens (tertiary/aromatic N) is 3. The quantitative estimate of drug-likeness (QED) is 0.450. The molecule has 1 fully saturated rings. The molecule has 3 atom stereocenters. The molecular formula is C14H23ClN6O4. The van der Waals surface area contributed by atoms with Gasteiger partial charge in [-0.25, -0.2) is 4.79 Å². The minimum atomic E-state index is -1.09. The first-order valence-electron chi connectivity index (χ1n) is 7.67. The van der Waals surface area contributed by atoms with Crippen molar-refractivity contribution in [2.75, 3.05) is 29.9 Å². The second kappa shape index (κ2) is 7.06. The number of hydrogen-bond donors (Lipinski definition) is 5. The number of likely N-dealkylation sites (tertiary alicyclic amines) is 1. The van der Waals surface area contributed by atoms with Crippen LogP contribution in [-0.4, -0.2) is 68.1 Å². The second-order valence-corrected chi connectivity index (χ2v) is 7.18. The highest BCUT2D eigenvalue weighted by Crippen LogP contribution is 2.27. The summed E-state index contributed by atoms with van der Waals surface area (Å²) in [5.41, 5.74) is 10.7. The van der Waals surface area contributed by atoms with Crippen molar-refractivity contribution in [3.63, 3.8) is 0 Å². The average molecular weight is 375 g/mol. The number of piperidine rings is 1. The van der Waals surface area contributed by atoms with Crippen molar-refractivity contribution < 1.29 is 19.7 Å². The van der Waals surface area contributed by atoms with Crippen LogP contribution in [0.15, 0.2) is 0 Å². The number of ether oxygens (including phenoxy) is 1. The summed E-state index contributed by atoms with van der Waals surface area (Å²) < 4.78 is 5.25. The van der Waals surface area contributed by atoms with Gasteiger partial charge in [-0.1, -0.05) is 11.6 Å². The Balaban J connectivity index is 2.10. The van der Waals surface area contributed by atoms with Gasteiger partial charge < -0.3 is 36.6 Å². The Morgan fingerprint density at radius 1 is 1.28 bits per heavy atom. The van der Waals surface area contributed by atoms with Crippen LogP contribution in [0.5, 0.6) is 0 Å².